The highest BCUT2D eigenvalue weighted by Gasteiger charge is 2.07. The monoisotopic (exact) mass is 292 g/mol. The summed E-state index contributed by atoms with van der Waals surface area (Å²) in [5.41, 5.74) is 1.07. The minimum atomic E-state index is 0.521. The molecule has 0 aliphatic carbocycles. The number of rotatable bonds is 5. The van der Waals surface area contributed by atoms with Crippen molar-refractivity contribution < 1.29 is 0 Å². The van der Waals surface area contributed by atoms with Gasteiger partial charge in [0.25, 0.3) is 0 Å². The van der Waals surface area contributed by atoms with Gasteiger partial charge in [0, 0.05) is 32.7 Å². The Hall–Kier alpha value is -2.08. The number of nitrogens with zero attached hydrogens (tertiary/aromatic N) is 4. The van der Waals surface area contributed by atoms with Gasteiger partial charge in [-0.05, 0) is 17.7 Å². The highest BCUT2D eigenvalue weighted by atomic mass is 35.5. The first-order chi connectivity index (χ1) is 9.58. The van der Waals surface area contributed by atoms with E-state index in [1.807, 2.05) is 43.3 Å². The molecule has 0 unspecified atom stereocenters. The van der Waals surface area contributed by atoms with E-state index in [1.54, 1.807) is 7.05 Å². The van der Waals surface area contributed by atoms with Gasteiger partial charge in [-0.25, -0.2) is 0 Å². The van der Waals surface area contributed by atoms with Crippen molar-refractivity contribution in [3.8, 4) is 0 Å². The number of aromatic nitrogens is 3. The zero-order valence-corrected chi connectivity index (χ0v) is 12.4. The molecule has 106 valence electrons. The minimum absolute atomic E-state index is 0.521. The summed E-state index contributed by atoms with van der Waals surface area (Å²) in [5.74, 6) is 1.64. The molecular formula is C13H17ClN6. The molecule has 1 heterocycles. The Bertz CT molecular complexity index is 587. The van der Waals surface area contributed by atoms with E-state index in [0.717, 1.165) is 5.56 Å². The summed E-state index contributed by atoms with van der Waals surface area (Å²) < 4.78 is 0. The molecule has 1 aromatic heterocycles. The smallest absolute Gasteiger partial charge is 0.231 e. The topological polar surface area (TPSA) is 66.0 Å². The normalized spacial score (nSPS) is 10.2. The summed E-state index contributed by atoms with van der Waals surface area (Å²) in [4.78, 5) is 14.7. The minimum Gasteiger partial charge on any atom is -0.357 e. The van der Waals surface area contributed by atoms with Crippen LogP contribution in [-0.4, -0.2) is 36.1 Å². The third-order valence-corrected chi connectivity index (χ3v) is 2.82. The lowest BCUT2D eigenvalue weighted by Gasteiger charge is -2.13. The molecule has 0 amide bonds. The number of hydrogen-bond acceptors (Lipinski definition) is 6. The Morgan fingerprint density at radius 1 is 1.15 bits per heavy atom. The van der Waals surface area contributed by atoms with Crippen LogP contribution in [-0.2, 0) is 6.54 Å². The van der Waals surface area contributed by atoms with E-state index in [9.17, 15) is 0 Å². The molecule has 2 N–H and O–H groups in total. The van der Waals surface area contributed by atoms with Gasteiger partial charge in [0.2, 0.25) is 17.8 Å². The van der Waals surface area contributed by atoms with Crippen molar-refractivity contribution in [2.24, 2.45) is 0 Å². The zero-order valence-electron chi connectivity index (χ0n) is 11.7. The Balaban J connectivity index is 2.14. The number of benzene rings is 1. The standard InChI is InChI=1S/C13H17ClN6/c1-15-11-17-12(19-13(18-11)20(2)3)16-8-9-5-4-6-10(14)7-9/h4-7H,8H2,1-3H3,(H2,15,16,17,18,19). The van der Waals surface area contributed by atoms with Crippen LogP contribution in [0.3, 0.4) is 0 Å². The number of hydrogen-bond donors (Lipinski definition) is 2. The molecule has 0 bridgehead atoms. The molecule has 0 aliphatic rings. The molecule has 1 aromatic carbocycles. The van der Waals surface area contributed by atoms with Crippen LogP contribution in [0.5, 0.6) is 0 Å². The fraction of sp³-hybridized carbons (Fsp3) is 0.308. The summed E-state index contributed by atoms with van der Waals surface area (Å²) in [5, 5.41) is 6.80. The molecule has 20 heavy (non-hydrogen) atoms. The first kappa shape index (κ1) is 14.3. The van der Waals surface area contributed by atoms with Crippen LogP contribution in [0.4, 0.5) is 17.8 Å². The average molecular weight is 293 g/mol. The van der Waals surface area contributed by atoms with Crippen LogP contribution < -0.4 is 15.5 Å². The van der Waals surface area contributed by atoms with Gasteiger partial charge in [-0.1, -0.05) is 23.7 Å². The highest BCUT2D eigenvalue weighted by molar-refractivity contribution is 6.30. The third-order valence-electron chi connectivity index (χ3n) is 2.59. The van der Waals surface area contributed by atoms with Crippen molar-refractivity contribution in [2.75, 3.05) is 36.7 Å². The molecule has 0 fully saturated rings. The summed E-state index contributed by atoms with van der Waals surface area (Å²) in [6, 6.07) is 7.65. The van der Waals surface area contributed by atoms with E-state index < -0.39 is 0 Å². The Kier molecular flexibility index (Phi) is 4.57. The number of halogens is 1. The highest BCUT2D eigenvalue weighted by Crippen LogP contribution is 2.14. The van der Waals surface area contributed by atoms with Gasteiger partial charge in [-0.2, -0.15) is 15.0 Å². The van der Waals surface area contributed by atoms with Crippen LogP contribution in [0.2, 0.25) is 5.02 Å². The van der Waals surface area contributed by atoms with Crippen molar-refractivity contribution in [3.63, 3.8) is 0 Å². The average Bonchev–Trinajstić information content (AvgIpc) is 2.45. The lowest BCUT2D eigenvalue weighted by molar-refractivity contribution is 0.944. The first-order valence-corrected chi connectivity index (χ1v) is 6.56. The molecular weight excluding hydrogens is 276 g/mol. The van der Waals surface area contributed by atoms with E-state index in [0.29, 0.717) is 29.4 Å². The van der Waals surface area contributed by atoms with Gasteiger partial charge in [-0.3, -0.25) is 0 Å². The van der Waals surface area contributed by atoms with Crippen LogP contribution in [0, 0.1) is 0 Å². The van der Waals surface area contributed by atoms with Crippen molar-refractivity contribution in [2.45, 2.75) is 6.54 Å². The lowest BCUT2D eigenvalue weighted by Crippen LogP contribution is -2.16. The summed E-state index contributed by atoms with van der Waals surface area (Å²) in [6.45, 7) is 0.598. The summed E-state index contributed by atoms with van der Waals surface area (Å²) in [7, 11) is 5.54. The molecule has 0 saturated heterocycles. The van der Waals surface area contributed by atoms with Crippen molar-refractivity contribution >= 4 is 29.4 Å². The molecule has 0 atom stereocenters. The van der Waals surface area contributed by atoms with Crippen molar-refractivity contribution in [3.05, 3.63) is 34.9 Å². The van der Waals surface area contributed by atoms with Crippen molar-refractivity contribution in [1.82, 2.24) is 15.0 Å². The quantitative estimate of drug-likeness (QED) is 0.881. The van der Waals surface area contributed by atoms with E-state index in [2.05, 4.69) is 25.6 Å². The molecule has 2 rings (SSSR count). The van der Waals surface area contributed by atoms with Crippen LogP contribution in [0.1, 0.15) is 5.56 Å². The zero-order chi connectivity index (χ0) is 14.5. The summed E-state index contributed by atoms with van der Waals surface area (Å²) in [6.07, 6.45) is 0. The third kappa shape index (κ3) is 3.71. The van der Waals surface area contributed by atoms with Crippen LogP contribution in [0.15, 0.2) is 24.3 Å². The predicted octanol–water partition coefficient (Wildman–Crippen LogP) is 2.24. The van der Waals surface area contributed by atoms with Gasteiger partial charge in [-0.15, -0.1) is 0 Å². The van der Waals surface area contributed by atoms with Crippen LogP contribution >= 0.6 is 11.6 Å². The molecule has 6 nitrogen and oxygen atoms in total. The molecule has 2 aromatic rings. The van der Waals surface area contributed by atoms with Gasteiger partial charge in [0.1, 0.15) is 0 Å². The number of nitrogens with one attached hydrogen (secondary N) is 2. The first-order valence-electron chi connectivity index (χ1n) is 6.18. The van der Waals surface area contributed by atoms with Gasteiger partial charge in [0.05, 0.1) is 0 Å². The lowest BCUT2D eigenvalue weighted by atomic mass is 10.2. The second-order valence-electron chi connectivity index (χ2n) is 4.41. The second-order valence-corrected chi connectivity index (χ2v) is 4.85. The Morgan fingerprint density at radius 2 is 1.90 bits per heavy atom. The molecule has 0 spiro atoms. The Labute approximate surface area is 123 Å². The van der Waals surface area contributed by atoms with E-state index in [1.165, 1.54) is 0 Å². The van der Waals surface area contributed by atoms with E-state index in [4.69, 9.17) is 11.6 Å². The van der Waals surface area contributed by atoms with Gasteiger partial charge >= 0.3 is 0 Å². The second kappa shape index (κ2) is 6.38. The van der Waals surface area contributed by atoms with E-state index >= 15 is 0 Å². The Morgan fingerprint density at radius 3 is 2.55 bits per heavy atom. The molecule has 7 heteroatoms. The maximum absolute atomic E-state index is 5.96. The maximum atomic E-state index is 5.96. The number of anilines is 3. The van der Waals surface area contributed by atoms with Gasteiger partial charge in [0.15, 0.2) is 0 Å². The fourth-order valence-corrected chi connectivity index (χ4v) is 1.80. The SMILES string of the molecule is CNc1nc(NCc2cccc(Cl)c2)nc(N(C)C)n1. The maximum Gasteiger partial charge on any atom is 0.231 e. The van der Waals surface area contributed by atoms with Crippen LogP contribution in [0.25, 0.3) is 0 Å². The van der Waals surface area contributed by atoms with E-state index in [-0.39, 0.29) is 0 Å². The van der Waals surface area contributed by atoms with Gasteiger partial charge < -0.3 is 15.5 Å². The van der Waals surface area contributed by atoms with Crippen molar-refractivity contribution in [1.29, 1.82) is 0 Å². The largest absolute Gasteiger partial charge is 0.357 e. The molecule has 0 aliphatic heterocycles. The summed E-state index contributed by atoms with van der Waals surface area (Å²) >= 11 is 5.96. The molecule has 0 radical (unpaired) electrons. The predicted molar refractivity (Wildman–Crippen MR) is 82.5 cm³/mol. The molecule has 0 saturated carbocycles. The fourth-order valence-electron chi connectivity index (χ4n) is 1.58.